The van der Waals surface area contributed by atoms with Crippen LogP contribution in [0.2, 0.25) is 0 Å². The minimum absolute atomic E-state index is 0.163. The lowest BCUT2D eigenvalue weighted by Crippen LogP contribution is -2.51. The van der Waals surface area contributed by atoms with Crippen molar-refractivity contribution < 1.29 is 14.3 Å². The molecule has 148 valence electrons. The molecular weight excluding hydrogens is 350 g/mol. The number of piperidine rings is 1. The van der Waals surface area contributed by atoms with Gasteiger partial charge in [0.1, 0.15) is 0 Å². The van der Waals surface area contributed by atoms with Gasteiger partial charge in [0.05, 0.1) is 13.2 Å². The number of likely N-dealkylation sites (tertiary alicyclic amines) is 1. The first-order valence-electron chi connectivity index (χ1n) is 10.4. The van der Waals surface area contributed by atoms with Crippen molar-refractivity contribution in [1.82, 2.24) is 4.90 Å². The molecule has 4 heteroatoms. The fraction of sp³-hybridized carbons (Fsp3) is 0.458. The van der Waals surface area contributed by atoms with E-state index in [2.05, 4.69) is 12.1 Å². The van der Waals surface area contributed by atoms with Crippen molar-refractivity contribution in [1.29, 1.82) is 0 Å². The summed E-state index contributed by atoms with van der Waals surface area (Å²) in [5, 5.41) is 0. The van der Waals surface area contributed by atoms with Gasteiger partial charge < -0.3 is 14.4 Å². The zero-order valence-electron chi connectivity index (χ0n) is 16.3. The van der Waals surface area contributed by atoms with Crippen molar-refractivity contribution in [2.75, 3.05) is 19.8 Å². The van der Waals surface area contributed by atoms with Gasteiger partial charge in [-0.2, -0.15) is 0 Å². The molecule has 4 nitrogen and oxygen atoms in total. The minimum Gasteiger partial charge on any atom is -0.348 e. The Morgan fingerprint density at radius 2 is 1.50 bits per heavy atom. The zero-order valence-corrected chi connectivity index (χ0v) is 16.3. The Kier molecular flexibility index (Phi) is 6.08. The number of fused-ring (bicyclic) bond motifs is 1. The SMILES string of the molecule is O=C1C2CCC3(CC2CCN1Cc1ccccc1)OCCO3.c1ccccc1. The van der Waals surface area contributed by atoms with E-state index in [1.807, 2.05) is 59.5 Å². The summed E-state index contributed by atoms with van der Waals surface area (Å²) in [6.07, 6.45) is 3.72. The maximum atomic E-state index is 12.8. The van der Waals surface area contributed by atoms with E-state index >= 15 is 0 Å². The number of amides is 1. The summed E-state index contributed by atoms with van der Waals surface area (Å²) < 4.78 is 11.7. The predicted octanol–water partition coefficient (Wildman–Crippen LogP) is 4.26. The maximum Gasteiger partial charge on any atom is 0.226 e. The lowest BCUT2D eigenvalue weighted by atomic mass is 9.72. The highest BCUT2D eigenvalue weighted by molar-refractivity contribution is 5.80. The summed E-state index contributed by atoms with van der Waals surface area (Å²) in [5.41, 5.74) is 1.21. The van der Waals surface area contributed by atoms with Gasteiger partial charge >= 0.3 is 0 Å². The fourth-order valence-corrected chi connectivity index (χ4v) is 4.65. The number of rotatable bonds is 2. The second kappa shape index (κ2) is 8.89. The van der Waals surface area contributed by atoms with Crippen LogP contribution in [-0.2, 0) is 20.8 Å². The van der Waals surface area contributed by atoms with Crippen LogP contribution >= 0.6 is 0 Å². The summed E-state index contributed by atoms with van der Waals surface area (Å²) in [5.74, 6) is 0.540. The van der Waals surface area contributed by atoms with Crippen LogP contribution in [0.5, 0.6) is 0 Å². The number of carbonyl (C=O) groups is 1. The van der Waals surface area contributed by atoms with E-state index in [4.69, 9.17) is 9.47 Å². The number of carbonyl (C=O) groups excluding carboxylic acids is 1. The smallest absolute Gasteiger partial charge is 0.226 e. The van der Waals surface area contributed by atoms with E-state index in [1.54, 1.807) is 0 Å². The van der Waals surface area contributed by atoms with Crippen LogP contribution in [0.15, 0.2) is 66.7 Å². The van der Waals surface area contributed by atoms with Gasteiger partial charge in [0, 0.05) is 31.8 Å². The highest BCUT2D eigenvalue weighted by Gasteiger charge is 2.49. The van der Waals surface area contributed by atoms with Crippen molar-refractivity contribution in [3.05, 3.63) is 72.3 Å². The molecule has 2 heterocycles. The average Bonchev–Trinajstić information content (AvgIpc) is 3.20. The second-order valence-electron chi connectivity index (χ2n) is 7.91. The number of nitrogens with zero attached hydrogens (tertiary/aromatic N) is 1. The molecule has 1 aliphatic carbocycles. The molecule has 1 spiro atoms. The largest absolute Gasteiger partial charge is 0.348 e. The van der Waals surface area contributed by atoms with Gasteiger partial charge in [-0.25, -0.2) is 0 Å². The highest BCUT2D eigenvalue weighted by atomic mass is 16.7. The third-order valence-corrected chi connectivity index (χ3v) is 6.07. The first-order valence-corrected chi connectivity index (χ1v) is 10.4. The average molecular weight is 380 g/mol. The first kappa shape index (κ1) is 19.2. The van der Waals surface area contributed by atoms with Crippen molar-refractivity contribution in [2.24, 2.45) is 11.8 Å². The molecule has 2 aromatic rings. The van der Waals surface area contributed by atoms with Crippen molar-refractivity contribution in [3.63, 3.8) is 0 Å². The zero-order chi connectivity index (χ0) is 19.2. The van der Waals surface area contributed by atoms with Crippen LogP contribution in [-0.4, -0.2) is 36.4 Å². The summed E-state index contributed by atoms with van der Waals surface area (Å²) in [7, 11) is 0. The number of ether oxygens (including phenoxy) is 2. The Hall–Kier alpha value is -2.17. The lowest BCUT2D eigenvalue weighted by molar-refractivity contribution is -0.201. The van der Waals surface area contributed by atoms with Crippen LogP contribution in [0, 0.1) is 11.8 Å². The van der Waals surface area contributed by atoms with E-state index in [1.165, 1.54) is 5.56 Å². The lowest BCUT2D eigenvalue weighted by Gasteiger charge is -2.45. The van der Waals surface area contributed by atoms with Gasteiger partial charge in [0.25, 0.3) is 0 Å². The summed E-state index contributed by atoms with van der Waals surface area (Å²) in [4.78, 5) is 14.8. The molecule has 5 rings (SSSR count). The maximum absolute atomic E-state index is 12.8. The van der Waals surface area contributed by atoms with Gasteiger partial charge in [0.15, 0.2) is 5.79 Å². The number of hydrogen-bond acceptors (Lipinski definition) is 3. The molecule has 3 aliphatic rings. The standard InChI is InChI=1S/C18H23NO3.C6H6/c20-17-16-6-8-18(21-10-11-22-18)12-15(16)7-9-19(17)13-14-4-2-1-3-5-14;1-2-4-6-5-3-1/h1-5,15-16H,6-13H2;1-6H. The molecule has 0 aromatic heterocycles. The van der Waals surface area contributed by atoms with E-state index in [9.17, 15) is 4.79 Å². The Balaban J connectivity index is 0.000000275. The van der Waals surface area contributed by atoms with E-state index in [0.717, 1.165) is 38.8 Å². The van der Waals surface area contributed by atoms with Gasteiger partial charge in [-0.15, -0.1) is 0 Å². The molecule has 0 bridgehead atoms. The molecule has 0 radical (unpaired) electrons. The Labute approximate surface area is 167 Å². The first-order chi connectivity index (χ1) is 13.8. The van der Waals surface area contributed by atoms with Crippen LogP contribution in [0.4, 0.5) is 0 Å². The fourth-order valence-electron chi connectivity index (χ4n) is 4.65. The summed E-state index contributed by atoms with van der Waals surface area (Å²) in [6.45, 7) is 2.99. The van der Waals surface area contributed by atoms with Crippen LogP contribution in [0.25, 0.3) is 0 Å². The normalized spacial score (nSPS) is 25.7. The molecule has 3 fully saturated rings. The Bertz CT molecular complexity index is 716. The second-order valence-corrected chi connectivity index (χ2v) is 7.91. The van der Waals surface area contributed by atoms with Crippen molar-refractivity contribution >= 4 is 5.91 Å². The molecule has 1 saturated carbocycles. The number of benzene rings is 2. The van der Waals surface area contributed by atoms with Crippen LogP contribution in [0.1, 0.15) is 31.2 Å². The molecule has 2 aliphatic heterocycles. The topological polar surface area (TPSA) is 38.8 Å². The van der Waals surface area contributed by atoms with Gasteiger partial charge in [-0.05, 0) is 24.3 Å². The van der Waals surface area contributed by atoms with E-state index < -0.39 is 0 Å². The van der Waals surface area contributed by atoms with Crippen molar-refractivity contribution in [3.8, 4) is 0 Å². The molecule has 2 saturated heterocycles. The summed E-state index contributed by atoms with van der Waals surface area (Å²) >= 11 is 0. The van der Waals surface area contributed by atoms with Crippen LogP contribution in [0.3, 0.4) is 0 Å². The van der Waals surface area contributed by atoms with Gasteiger partial charge in [-0.3, -0.25) is 4.79 Å². The third kappa shape index (κ3) is 4.45. The van der Waals surface area contributed by atoms with E-state index in [0.29, 0.717) is 25.0 Å². The molecule has 1 amide bonds. The predicted molar refractivity (Wildman–Crippen MR) is 108 cm³/mol. The Morgan fingerprint density at radius 3 is 2.14 bits per heavy atom. The molecule has 28 heavy (non-hydrogen) atoms. The van der Waals surface area contributed by atoms with Crippen molar-refractivity contribution in [2.45, 2.75) is 38.0 Å². The quantitative estimate of drug-likeness (QED) is 0.782. The molecule has 2 aromatic carbocycles. The van der Waals surface area contributed by atoms with E-state index in [-0.39, 0.29) is 11.7 Å². The molecular formula is C24H29NO3. The van der Waals surface area contributed by atoms with Gasteiger partial charge in [0.2, 0.25) is 5.91 Å². The number of hydrogen-bond donors (Lipinski definition) is 0. The molecule has 0 N–H and O–H groups in total. The highest BCUT2D eigenvalue weighted by Crippen LogP contribution is 2.45. The molecule has 2 atom stereocenters. The monoisotopic (exact) mass is 379 g/mol. The molecule has 2 unspecified atom stereocenters. The van der Waals surface area contributed by atoms with Crippen LogP contribution < -0.4 is 0 Å². The third-order valence-electron chi connectivity index (χ3n) is 6.07. The Morgan fingerprint density at radius 1 is 0.893 bits per heavy atom. The minimum atomic E-state index is -0.372. The van der Waals surface area contributed by atoms with Gasteiger partial charge in [-0.1, -0.05) is 66.7 Å². The summed E-state index contributed by atoms with van der Waals surface area (Å²) in [6, 6.07) is 22.3.